The van der Waals surface area contributed by atoms with Gasteiger partial charge < -0.3 is 13.5 Å². The molecule has 0 amide bonds. The Hall–Kier alpha value is 0.544. The second kappa shape index (κ2) is 77.4. The van der Waals surface area contributed by atoms with Crippen LogP contribution in [0.1, 0.15) is 10.2 Å². The third-order valence-electron chi connectivity index (χ3n) is 0. The Morgan fingerprint density at radius 1 is 2.25 bits per heavy atom. The van der Waals surface area contributed by atoms with Gasteiger partial charge in [-0.1, -0.05) is 7.43 Å². The monoisotopic (exact) mass is 111 g/mol. The van der Waals surface area contributed by atoms with Gasteiger partial charge in [0.2, 0.25) is 0 Å². The summed E-state index contributed by atoms with van der Waals surface area (Å²) in [7, 11) is 2.50. The fraction of sp³-hybridized carbons (Fsp3) is 0.500. The van der Waals surface area contributed by atoms with Crippen LogP contribution < -0.4 is 6.13 Å². The summed E-state index contributed by atoms with van der Waals surface area (Å²) in [6.07, 6.45) is -0.250. The molecule has 3 N–H and O–H groups in total. The summed E-state index contributed by atoms with van der Waals surface area (Å²) in [5, 5.41) is 0. The number of rotatable bonds is 0. The molecule has 2 heteroatoms. The fourth-order valence-corrected chi connectivity index (χ4v) is 0. The van der Waals surface area contributed by atoms with Crippen molar-refractivity contribution in [1.29, 1.82) is 0 Å². The first-order chi connectivity index (χ1) is 2.73. The first-order valence-electron chi connectivity index (χ1n) is 2.05. The van der Waals surface area contributed by atoms with Crippen LogP contribution in [-0.4, -0.2) is 0 Å². The van der Waals surface area contributed by atoms with Crippen molar-refractivity contribution in [3.05, 3.63) is 7.40 Å². The average Bonchev–Trinajstić information content (AvgIpc) is 1.41. The molecule has 31 valence electrons. The molecule has 1 nitrogen and oxygen atoms in total. The van der Waals surface area contributed by atoms with Crippen molar-refractivity contribution in [2.24, 2.45) is 0 Å². The van der Waals surface area contributed by atoms with E-state index in [9.17, 15) is 0 Å². The van der Waals surface area contributed by atoms with Gasteiger partial charge in [0.05, 0.1) is 0 Å². The van der Waals surface area contributed by atoms with Gasteiger partial charge in [0, 0.05) is 20.0 Å². The maximum atomic E-state index is 5.75. The zero-order chi connectivity index (χ0) is 5.58. The predicted octanol–water partition coefficient (Wildman–Crippen LogP) is 1.49. The summed E-state index contributed by atoms with van der Waals surface area (Å²) in [5.41, 5.74) is 0. The third-order valence-corrected chi connectivity index (χ3v) is 0. The molecule has 0 spiro atoms. The summed E-state index contributed by atoms with van der Waals surface area (Å²) in [5.74, 6) is 0. The van der Waals surface area contributed by atoms with E-state index in [1.165, 1.54) is 0 Å². The van der Waals surface area contributed by atoms with Crippen molar-refractivity contribution in [1.82, 2.24) is 6.13 Å². The van der Waals surface area contributed by atoms with E-state index in [0.717, 1.165) is 0 Å². The van der Waals surface area contributed by atoms with Crippen LogP contribution in [0.4, 0.5) is 0 Å². The van der Waals surface area contributed by atoms with Gasteiger partial charge in [0.1, 0.15) is 4.24 Å². The first kappa shape index (κ1) is 2.76. The summed E-state index contributed by atoms with van der Waals surface area (Å²) in [6, 6.07) is 0. The molecule has 0 unspecified atom stereocenters. The van der Waals surface area contributed by atoms with Crippen molar-refractivity contribution in [3.8, 4) is 0 Å². The molecule has 0 atom stereocenters. The van der Waals surface area contributed by atoms with Gasteiger partial charge in [0.15, 0.2) is 0 Å². The maximum Gasteiger partial charge on any atom is 0.115 e. The Morgan fingerprint density at radius 3 is 2.25 bits per heavy atom. The largest absolute Gasteiger partial charge is 0.358 e. The van der Waals surface area contributed by atoms with E-state index in [1.807, 2.05) is 0 Å². The molecule has 0 aliphatic carbocycles. The average molecular weight is 111 g/mol. The number of hydrogen-bond donors (Lipinski definition) is 1. The van der Waals surface area contributed by atoms with E-state index < -0.39 is 0 Å². The Kier molecular flexibility index (Phi) is 53.5. The van der Waals surface area contributed by atoms with Crippen LogP contribution in [0.15, 0.2) is 0 Å². The van der Waals surface area contributed by atoms with Gasteiger partial charge >= 0.3 is 0 Å². The van der Waals surface area contributed by atoms with Crippen molar-refractivity contribution in [2.75, 3.05) is 0 Å². The molecule has 0 saturated heterocycles. The smallest absolute Gasteiger partial charge is 0.115 e. The zero-order valence-corrected chi connectivity index (χ0v) is 3.00. The minimum Gasteiger partial charge on any atom is -0.358 e. The quantitative estimate of drug-likeness (QED) is 0.472. The Balaban J connectivity index is -0.00000000990. The van der Waals surface area contributed by atoms with Crippen LogP contribution in [0, 0.1) is 7.40 Å². The van der Waals surface area contributed by atoms with Crippen LogP contribution in [-0.2, 0) is 18.6 Å². The Bertz CT molecular complexity index is 19.7. The minimum atomic E-state index is -0.250. The van der Waals surface area contributed by atoms with Crippen molar-refractivity contribution >= 4 is 0 Å². The SMILES string of the molecule is C.[3HH].[3H]N([3H])[3H].[3H][CH2-].[V]. The van der Waals surface area contributed by atoms with Crippen molar-refractivity contribution in [2.45, 2.75) is 7.43 Å². The molecule has 4 heavy (non-hydrogen) atoms. The Morgan fingerprint density at radius 2 is 2.25 bits per heavy atom. The molecule has 1 radical (unpaired) electrons. The van der Waals surface area contributed by atoms with Crippen LogP contribution in [0.5, 0.6) is 0 Å². The molecule has 0 rings (SSSR count). The molecular formula is C2H12NV-. The molecule has 0 saturated carbocycles. The summed E-state index contributed by atoms with van der Waals surface area (Å²) in [4.78, 5) is 0. The molecular weight excluding hydrogens is 89.0 g/mol. The van der Waals surface area contributed by atoms with E-state index in [2.05, 4.69) is 7.40 Å². The minimum absolute atomic E-state index is 0. The summed E-state index contributed by atoms with van der Waals surface area (Å²) >= 11 is 0. The van der Waals surface area contributed by atoms with Gasteiger partial charge in [-0.15, -0.1) is 0 Å². The van der Waals surface area contributed by atoms with Crippen molar-refractivity contribution in [3.63, 3.8) is 0 Å². The maximum absolute atomic E-state index is 5.75. The van der Waals surface area contributed by atoms with Crippen LogP contribution in [0.2, 0.25) is 4.24 Å². The normalized spacial score (nSPS) is 11.5. The fourth-order valence-electron chi connectivity index (χ4n) is 0. The molecule has 0 aliphatic rings. The van der Waals surface area contributed by atoms with Crippen molar-refractivity contribution < 1.29 is 25.6 Å². The van der Waals surface area contributed by atoms with Gasteiger partial charge in [0.25, 0.3) is 0 Å². The van der Waals surface area contributed by atoms with Gasteiger partial charge in [-0.05, 0) is 0 Å². The van der Waals surface area contributed by atoms with E-state index >= 15 is 0 Å². The van der Waals surface area contributed by atoms with Crippen LogP contribution in [0.25, 0.3) is 0 Å². The van der Waals surface area contributed by atoms with Gasteiger partial charge in [-0.25, -0.2) is 1.37 Å². The van der Waals surface area contributed by atoms with Gasteiger partial charge in [-0.3, -0.25) is 0 Å². The molecule has 0 aromatic heterocycles. The second-order valence-electron chi connectivity index (χ2n) is 0. The third kappa shape index (κ3) is 20.5. The molecule has 0 heterocycles. The van der Waals surface area contributed by atoms with E-state index in [4.69, 9.17) is 5.61 Å². The van der Waals surface area contributed by atoms with Gasteiger partial charge in [-0.2, -0.15) is 0 Å². The number of hydrogen-bond acceptors (Lipinski definition) is 1. The van der Waals surface area contributed by atoms with E-state index in [1.54, 1.807) is 0 Å². The molecule has 0 aromatic carbocycles. The molecule has 0 bridgehead atoms. The van der Waals surface area contributed by atoms with Crippen LogP contribution >= 0.6 is 0 Å². The topological polar surface area (TPSA) is 35.0 Å². The molecule has 0 aliphatic heterocycles. The zero-order valence-electron chi connectivity index (χ0n) is 5.60. The van der Waals surface area contributed by atoms with E-state index in [-0.39, 0.29) is 33.5 Å². The predicted molar refractivity (Wildman–Crippen MR) is 20.3 cm³/mol. The summed E-state index contributed by atoms with van der Waals surface area (Å²) < 4.78 is 22.8. The first-order valence-corrected chi connectivity index (χ1v) is 0. The standard InChI is InChI=1S/CH4.CH3.H3N.V.H2/h1H4;2*1H3;;1H/q;-1;;;/i;1T;;;1+2/hT3. The molecule has 0 fully saturated rings. The van der Waals surface area contributed by atoms with Crippen LogP contribution in [0.3, 0.4) is 0 Å². The van der Waals surface area contributed by atoms with E-state index in [0.29, 0.717) is 0 Å². The molecule has 0 aromatic rings. The Labute approximate surface area is 47.5 Å². The summed E-state index contributed by atoms with van der Waals surface area (Å²) in [6.45, 7) is 0. The second-order valence-corrected chi connectivity index (χ2v) is 0.